The van der Waals surface area contributed by atoms with Gasteiger partial charge in [-0.25, -0.2) is 0 Å². The molecule has 9 heteroatoms. The Kier molecular flexibility index (Phi) is 9.80. The van der Waals surface area contributed by atoms with Crippen molar-refractivity contribution in [3.05, 3.63) is 35.9 Å². The number of rotatable bonds is 12. The van der Waals surface area contributed by atoms with E-state index in [1.54, 1.807) is 16.7 Å². The minimum atomic E-state index is -0.586. The zero-order chi connectivity index (χ0) is 24.5. The molecule has 8 nitrogen and oxygen atoms in total. The molecule has 2 aliphatic rings. The average Bonchev–Trinajstić information content (AvgIpc) is 3.27. The third-order valence-electron chi connectivity index (χ3n) is 6.51. The van der Waals surface area contributed by atoms with Gasteiger partial charge in [0.15, 0.2) is 11.7 Å². The van der Waals surface area contributed by atoms with Gasteiger partial charge in [0.05, 0.1) is 11.4 Å². The van der Waals surface area contributed by atoms with Gasteiger partial charge in [-0.2, -0.15) is 0 Å². The molecule has 2 amide bonds. The van der Waals surface area contributed by atoms with Gasteiger partial charge < -0.3 is 21.7 Å². The monoisotopic (exact) mass is 487 g/mol. The Bertz CT molecular complexity index is 875. The van der Waals surface area contributed by atoms with E-state index in [0.717, 1.165) is 31.2 Å². The van der Waals surface area contributed by atoms with E-state index in [4.69, 9.17) is 11.5 Å². The number of carbonyl (C=O) groups is 3. The Morgan fingerprint density at radius 2 is 1.97 bits per heavy atom. The van der Waals surface area contributed by atoms with Gasteiger partial charge in [0.2, 0.25) is 11.8 Å². The number of guanidine groups is 1. The maximum Gasteiger partial charge on any atom is 0.244 e. The minimum Gasteiger partial charge on any atom is -0.370 e. The minimum absolute atomic E-state index is 0.0144. The molecule has 0 aromatic heterocycles. The molecule has 1 aromatic rings. The summed E-state index contributed by atoms with van der Waals surface area (Å²) in [6.45, 7) is 2.44. The van der Waals surface area contributed by atoms with Crippen molar-refractivity contribution in [2.75, 3.05) is 12.3 Å². The molecule has 0 saturated carbocycles. The number of nitrogens with two attached hydrogens (primary N) is 2. The van der Waals surface area contributed by atoms with Crippen molar-refractivity contribution in [2.24, 2.45) is 22.4 Å². The van der Waals surface area contributed by atoms with E-state index in [9.17, 15) is 14.4 Å². The summed E-state index contributed by atoms with van der Waals surface area (Å²) < 4.78 is 0. The number of unbranched alkanes of at least 4 members (excludes halogenated alkanes) is 1. The van der Waals surface area contributed by atoms with E-state index in [0.29, 0.717) is 38.0 Å². The second-order valence-electron chi connectivity index (χ2n) is 9.09. The lowest BCUT2D eigenvalue weighted by atomic mass is 9.89. The van der Waals surface area contributed by atoms with Crippen molar-refractivity contribution in [3.63, 3.8) is 0 Å². The lowest BCUT2D eigenvalue weighted by Crippen LogP contribution is -2.56. The van der Waals surface area contributed by atoms with Gasteiger partial charge in [0.25, 0.3) is 0 Å². The number of piperidine rings is 1. The van der Waals surface area contributed by atoms with E-state index in [2.05, 4.69) is 10.3 Å². The highest BCUT2D eigenvalue weighted by Gasteiger charge is 2.46. The van der Waals surface area contributed by atoms with Crippen LogP contribution in [0.25, 0.3) is 0 Å². The van der Waals surface area contributed by atoms with E-state index in [-0.39, 0.29) is 34.8 Å². The van der Waals surface area contributed by atoms with Crippen LogP contribution in [-0.2, 0) is 20.8 Å². The zero-order valence-corrected chi connectivity index (χ0v) is 20.8. The predicted octanol–water partition coefficient (Wildman–Crippen LogP) is 2.21. The van der Waals surface area contributed by atoms with Crippen LogP contribution in [0.15, 0.2) is 35.3 Å². The van der Waals surface area contributed by atoms with Crippen molar-refractivity contribution in [1.29, 1.82) is 0 Å². The summed E-state index contributed by atoms with van der Waals surface area (Å²) in [4.78, 5) is 45.2. The van der Waals surface area contributed by atoms with Gasteiger partial charge in [0, 0.05) is 24.6 Å². The van der Waals surface area contributed by atoms with Crippen LogP contribution in [0.2, 0.25) is 0 Å². The van der Waals surface area contributed by atoms with E-state index >= 15 is 0 Å². The van der Waals surface area contributed by atoms with Crippen LogP contribution < -0.4 is 16.8 Å². The van der Waals surface area contributed by atoms with E-state index in [1.807, 2.05) is 37.3 Å². The number of ketones is 1. The molecule has 5 N–H and O–H groups in total. The first-order valence-electron chi connectivity index (χ1n) is 12.3. The number of Topliss-reactive ketones (excluding diaryl/α,β-unsaturated/α-hetero) is 1. The van der Waals surface area contributed by atoms with Crippen LogP contribution in [0.3, 0.4) is 0 Å². The maximum atomic E-state index is 13.4. The van der Waals surface area contributed by atoms with Gasteiger partial charge >= 0.3 is 0 Å². The van der Waals surface area contributed by atoms with Crippen LogP contribution in [0.1, 0.15) is 57.4 Å². The topological polar surface area (TPSA) is 131 Å². The Morgan fingerprint density at radius 3 is 2.68 bits per heavy atom. The Balaban J connectivity index is 1.65. The van der Waals surface area contributed by atoms with Gasteiger partial charge in [-0.15, -0.1) is 11.8 Å². The van der Waals surface area contributed by atoms with Crippen LogP contribution >= 0.6 is 11.8 Å². The number of amides is 2. The second kappa shape index (κ2) is 12.8. The number of aliphatic imine (C=N–C) groups is 1. The quantitative estimate of drug-likeness (QED) is 0.235. The summed E-state index contributed by atoms with van der Waals surface area (Å²) in [5.74, 6) is 0.292. The molecule has 2 fully saturated rings. The van der Waals surface area contributed by atoms with Gasteiger partial charge in [-0.1, -0.05) is 43.7 Å². The Morgan fingerprint density at radius 1 is 1.21 bits per heavy atom. The summed E-state index contributed by atoms with van der Waals surface area (Å²) in [7, 11) is 0. The molecular weight excluding hydrogens is 450 g/mol. The number of hydrogen-bond donors (Lipinski definition) is 3. The highest BCUT2D eigenvalue weighted by atomic mass is 32.2. The second-order valence-corrected chi connectivity index (χ2v) is 10.3. The number of carbonyl (C=O) groups excluding carboxylic acids is 3. The maximum absolute atomic E-state index is 13.4. The SMILES string of the molecule is CCCCC(=O)C(CCCN=C(N)N)NC(=O)[C@@H]1CSC2CC[C@@H](Cc3ccccc3)C(=O)N21. The van der Waals surface area contributed by atoms with Crippen LogP contribution in [0, 0.1) is 5.92 Å². The molecule has 3 rings (SSSR count). The first-order valence-corrected chi connectivity index (χ1v) is 13.3. The molecule has 2 saturated heterocycles. The molecule has 0 radical (unpaired) electrons. The van der Waals surface area contributed by atoms with Crippen molar-refractivity contribution in [2.45, 2.75) is 75.7 Å². The fraction of sp³-hybridized carbons (Fsp3) is 0.600. The molecule has 186 valence electrons. The summed E-state index contributed by atoms with van der Waals surface area (Å²) >= 11 is 1.66. The smallest absolute Gasteiger partial charge is 0.244 e. The number of thioether (sulfide) groups is 1. The van der Waals surface area contributed by atoms with Crippen LogP contribution in [-0.4, -0.2) is 58.2 Å². The van der Waals surface area contributed by atoms with Crippen LogP contribution in [0.4, 0.5) is 0 Å². The molecule has 1 aromatic carbocycles. The van der Waals surface area contributed by atoms with Crippen LogP contribution in [0.5, 0.6) is 0 Å². The molecular formula is C25H37N5O3S. The lowest BCUT2D eigenvalue weighted by molar-refractivity contribution is -0.146. The van der Waals surface area contributed by atoms with Crippen molar-refractivity contribution in [1.82, 2.24) is 10.2 Å². The standard InChI is InChI=1S/C25H37N5O3S/c1-2-3-11-21(31)19(10-7-14-28-25(26)27)29-23(32)20-16-34-22-13-12-18(24(33)30(20)22)15-17-8-5-4-6-9-17/h4-6,8-9,18-20,22H,2-3,7,10-16H2,1H3,(H,29,32)(H4,26,27,28)/t18-,19?,20-,22?/m0/s1. The van der Waals surface area contributed by atoms with Gasteiger partial charge in [-0.05, 0) is 44.1 Å². The highest BCUT2D eigenvalue weighted by molar-refractivity contribution is 8.00. The molecule has 0 bridgehead atoms. The normalized spacial score (nSPS) is 22.7. The third-order valence-corrected chi connectivity index (χ3v) is 7.87. The average molecular weight is 488 g/mol. The predicted molar refractivity (Wildman–Crippen MR) is 136 cm³/mol. The number of hydrogen-bond acceptors (Lipinski definition) is 5. The van der Waals surface area contributed by atoms with Crippen molar-refractivity contribution >= 4 is 35.3 Å². The summed E-state index contributed by atoms with van der Waals surface area (Å²) in [5.41, 5.74) is 11.9. The Labute approximate surface area is 206 Å². The molecule has 34 heavy (non-hydrogen) atoms. The molecule has 2 heterocycles. The fourth-order valence-electron chi connectivity index (χ4n) is 4.66. The largest absolute Gasteiger partial charge is 0.370 e. The first kappa shape index (κ1) is 26.1. The molecule has 4 atom stereocenters. The first-order chi connectivity index (χ1) is 16.4. The molecule has 0 spiro atoms. The fourth-order valence-corrected chi connectivity index (χ4v) is 6.09. The highest BCUT2D eigenvalue weighted by Crippen LogP contribution is 2.39. The summed E-state index contributed by atoms with van der Waals surface area (Å²) in [6, 6.07) is 8.88. The Hall–Kier alpha value is -2.55. The van der Waals surface area contributed by atoms with Crippen molar-refractivity contribution in [3.8, 4) is 0 Å². The molecule has 2 unspecified atom stereocenters. The third kappa shape index (κ3) is 6.98. The van der Waals surface area contributed by atoms with Gasteiger partial charge in [-0.3, -0.25) is 19.4 Å². The zero-order valence-electron chi connectivity index (χ0n) is 19.9. The molecule has 2 aliphatic heterocycles. The van der Waals surface area contributed by atoms with Gasteiger partial charge in [0.1, 0.15) is 6.04 Å². The van der Waals surface area contributed by atoms with E-state index < -0.39 is 12.1 Å². The summed E-state index contributed by atoms with van der Waals surface area (Å²) in [6.07, 6.45) is 5.58. The number of nitrogens with zero attached hydrogens (tertiary/aromatic N) is 2. The van der Waals surface area contributed by atoms with Crippen molar-refractivity contribution < 1.29 is 14.4 Å². The number of fused-ring (bicyclic) bond motifs is 1. The summed E-state index contributed by atoms with van der Waals surface area (Å²) in [5, 5.41) is 3.00. The number of benzene rings is 1. The lowest BCUT2D eigenvalue weighted by Gasteiger charge is -2.37. The molecule has 0 aliphatic carbocycles. The number of nitrogens with one attached hydrogen (secondary N) is 1. The van der Waals surface area contributed by atoms with E-state index in [1.165, 1.54) is 0 Å².